The summed E-state index contributed by atoms with van der Waals surface area (Å²) < 4.78 is 6.42. The Labute approximate surface area is 101 Å². The Balaban J connectivity index is 1.93. The van der Waals surface area contributed by atoms with E-state index in [4.69, 9.17) is 4.43 Å². The van der Waals surface area contributed by atoms with Gasteiger partial charge in [-0.3, -0.25) is 0 Å². The van der Waals surface area contributed by atoms with Crippen molar-refractivity contribution in [2.24, 2.45) is 11.3 Å². The zero-order valence-electron chi connectivity index (χ0n) is 11.3. The maximum Gasteiger partial charge on any atom is 0.192 e. The fourth-order valence-electron chi connectivity index (χ4n) is 2.81. The molecule has 0 aromatic rings. The van der Waals surface area contributed by atoms with E-state index in [9.17, 15) is 5.11 Å². The Bertz CT molecular complexity index is 278. The maximum atomic E-state index is 9.40. The molecule has 0 radical (unpaired) electrons. The molecule has 2 aliphatic rings. The summed E-state index contributed by atoms with van der Waals surface area (Å²) in [5.74, 6) is 0.757. The van der Waals surface area contributed by atoms with E-state index in [2.05, 4.69) is 33.9 Å². The zero-order valence-corrected chi connectivity index (χ0v) is 12.3. The van der Waals surface area contributed by atoms with Crippen LogP contribution in [-0.4, -0.2) is 26.1 Å². The molecule has 2 aliphatic carbocycles. The molecule has 0 spiro atoms. The average Bonchev–Trinajstić information content (AvgIpc) is 2.67. The number of hydrogen-bond donors (Lipinski definition) is 1. The van der Waals surface area contributed by atoms with E-state index < -0.39 is 8.32 Å². The molecule has 3 atom stereocenters. The van der Waals surface area contributed by atoms with Gasteiger partial charge in [-0.25, -0.2) is 0 Å². The molecule has 3 heteroatoms. The van der Waals surface area contributed by atoms with Crippen molar-refractivity contribution in [1.82, 2.24) is 0 Å². The summed E-state index contributed by atoms with van der Waals surface area (Å²) in [5.41, 5.74) is 0.271. The molecule has 2 saturated carbocycles. The summed E-state index contributed by atoms with van der Waals surface area (Å²) in [6, 6.07) is 0. The smallest absolute Gasteiger partial charge is 0.192 e. The highest BCUT2D eigenvalue weighted by Crippen LogP contribution is 2.64. The Morgan fingerprint density at radius 2 is 1.94 bits per heavy atom. The summed E-state index contributed by atoms with van der Waals surface area (Å²) in [4.78, 5) is 0. The standard InChI is InChI=1S/C13H26O2Si/c1-12(2,3)16(4,5)15-11-6-10-7-13(10,8-11)9-14/h10-11,14H,6-9H2,1-5H3/t10-,11-,13-/m1/s1. The van der Waals surface area contributed by atoms with Crippen molar-refractivity contribution in [3.8, 4) is 0 Å². The Hall–Kier alpha value is 0.137. The molecule has 0 amide bonds. The van der Waals surface area contributed by atoms with Crippen LogP contribution in [0.25, 0.3) is 0 Å². The van der Waals surface area contributed by atoms with Crippen LogP contribution in [0.2, 0.25) is 18.1 Å². The first-order chi connectivity index (χ1) is 7.20. The quantitative estimate of drug-likeness (QED) is 0.770. The van der Waals surface area contributed by atoms with Gasteiger partial charge in [0.2, 0.25) is 0 Å². The van der Waals surface area contributed by atoms with E-state index in [0.29, 0.717) is 17.7 Å². The van der Waals surface area contributed by atoms with Crippen LogP contribution in [0.15, 0.2) is 0 Å². The van der Waals surface area contributed by atoms with Crippen molar-refractivity contribution in [1.29, 1.82) is 0 Å². The maximum absolute atomic E-state index is 9.40. The first-order valence-electron chi connectivity index (χ1n) is 6.49. The molecule has 0 aromatic carbocycles. The van der Waals surface area contributed by atoms with E-state index in [0.717, 1.165) is 12.3 Å². The van der Waals surface area contributed by atoms with E-state index in [-0.39, 0.29) is 5.41 Å². The fourth-order valence-corrected chi connectivity index (χ4v) is 4.18. The van der Waals surface area contributed by atoms with Crippen LogP contribution < -0.4 is 0 Å². The molecule has 0 unspecified atom stereocenters. The molecule has 2 rings (SSSR count). The largest absolute Gasteiger partial charge is 0.414 e. The highest BCUT2D eigenvalue weighted by Gasteiger charge is 2.60. The number of aliphatic hydroxyl groups is 1. The van der Waals surface area contributed by atoms with Crippen molar-refractivity contribution in [3.63, 3.8) is 0 Å². The lowest BCUT2D eigenvalue weighted by molar-refractivity contribution is 0.141. The molecule has 0 heterocycles. The third-order valence-corrected chi connectivity index (χ3v) is 9.66. The topological polar surface area (TPSA) is 29.5 Å². The van der Waals surface area contributed by atoms with Gasteiger partial charge in [0.1, 0.15) is 0 Å². The number of aliphatic hydroxyl groups excluding tert-OH is 1. The first kappa shape index (κ1) is 12.6. The highest BCUT2D eigenvalue weighted by atomic mass is 28.4. The van der Waals surface area contributed by atoms with Gasteiger partial charge in [-0.2, -0.15) is 0 Å². The normalized spacial score (nSPS) is 38.6. The van der Waals surface area contributed by atoms with Crippen molar-refractivity contribution in [2.75, 3.05) is 6.61 Å². The van der Waals surface area contributed by atoms with Gasteiger partial charge in [0, 0.05) is 12.7 Å². The van der Waals surface area contributed by atoms with E-state index in [1.165, 1.54) is 12.8 Å². The fraction of sp³-hybridized carbons (Fsp3) is 1.00. The first-order valence-corrected chi connectivity index (χ1v) is 9.40. The molecule has 0 aliphatic heterocycles. The minimum atomic E-state index is -1.61. The number of rotatable bonds is 3. The average molecular weight is 242 g/mol. The highest BCUT2D eigenvalue weighted by molar-refractivity contribution is 6.74. The molecule has 0 aromatic heterocycles. The van der Waals surface area contributed by atoms with Crippen LogP contribution in [0, 0.1) is 11.3 Å². The zero-order chi connectivity index (χ0) is 12.2. The predicted molar refractivity (Wildman–Crippen MR) is 68.9 cm³/mol. The summed E-state index contributed by atoms with van der Waals surface area (Å²) in [7, 11) is -1.61. The van der Waals surface area contributed by atoms with Gasteiger partial charge < -0.3 is 9.53 Å². The van der Waals surface area contributed by atoms with Gasteiger partial charge in [0.25, 0.3) is 0 Å². The summed E-state index contributed by atoms with van der Waals surface area (Å²) in [6.45, 7) is 11.9. The number of hydrogen-bond acceptors (Lipinski definition) is 2. The van der Waals surface area contributed by atoms with Crippen LogP contribution >= 0.6 is 0 Å². The molecule has 0 saturated heterocycles. The van der Waals surface area contributed by atoms with Crippen LogP contribution in [0.5, 0.6) is 0 Å². The van der Waals surface area contributed by atoms with Crippen molar-refractivity contribution >= 4 is 8.32 Å². The molecular weight excluding hydrogens is 216 g/mol. The third kappa shape index (κ3) is 1.98. The molecule has 94 valence electrons. The van der Waals surface area contributed by atoms with E-state index >= 15 is 0 Å². The lowest BCUT2D eigenvalue weighted by Gasteiger charge is -2.39. The lowest BCUT2D eigenvalue weighted by atomic mass is 10.1. The second-order valence-corrected chi connectivity index (χ2v) is 12.1. The summed E-state index contributed by atoms with van der Waals surface area (Å²) in [6.07, 6.45) is 3.95. The second-order valence-electron chi connectivity index (χ2n) is 7.36. The molecule has 0 bridgehead atoms. The van der Waals surface area contributed by atoms with Gasteiger partial charge in [0.15, 0.2) is 8.32 Å². The van der Waals surface area contributed by atoms with Gasteiger partial charge in [-0.05, 0) is 48.7 Å². The van der Waals surface area contributed by atoms with Gasteiger partial charge in [0.05, 0.1) is 0 Å². The molecule has 16 heavy (non-hydrogen) atoms. The van der Waals surface area contributed by atoms with Crippen molar-refractivity contribution in [2.45, 2.75) is 64.3 Å². The molecular formula is C13H26O2Si. The SMILES string of the molecule is CC(C)(C)[Si](C)(C)O[C@@H]1C[C@@H]2C[C@]2(CO)C1. The summed E-state index contributed by atoms with van der Waals surface area (Å²) >= 11 is 0. The second kappa shape index (κ2) is 3.56. The Morgan fingerprint density at radius 3 is 2.38 bits per heavy atom. The van der Waals surface area contributed by atoms with Crippen molar-refractivity contribution < 1.29 is 9.53 Å². The van der Waals surface area contributed by atoms with E-state index in [1.54, 1.807) is 0 Å². The molecule has 2 nitrogen and oxygen atoms in total. The predicted octanol–water partition coefficient (Wildman–Crippen LogP) is 3.17. The van der Waals surface area contributed by atoms with Crippen LogP contribution in [0.1, 0.15) is 40.0 Å². The number of fused-ring (bicyclic) bond motifs is 1. The molecule has 1 N–H and O–H groups in total. The Kier molecular flexibility index (Phi) is 2.80. The molecule has 2 fully saturated rings. The van der Waals surface area contributed by atoms with Crippen LogP contribution in [0.4, 0.5) is 0 Å². The monoisotopic (exact) mass is 242 g/mol. The van der Waals surface area contributed by atoms with Gasteiger partial charge in [-0.1, -0.05) is 20.8 Å². The third-order valence-electron chi connectivity index (χ3n) is 5.12. The van der Waals surface area contributed by atoms with Crippen molar-refractivity contribution in [3.05, 3.63) is 0 Å². The van der Waals surface area contributed by atoms with Crippen LogP contribution in [0.3, 0.4) is 0 Å². The lowest BCUT2D eigenvalue weighted by Crippen LogP contribution is -2.43. The van der Waals surface area contributed by atoms with Crippen LogP contribution in [-0.2, 0) is 4.43 Å². The van der Waals surface area contributed by atoms with E-state index in [1.807, 2.05) is 0 Å². The minimum absolute atomic E-state index is 0.271. The Morgan fingerprint density at radius 1 is 1.31 bits per heavy atom. The van der Waals surface area contributed by atoms with Gasteiger partial charge >= 0.3 is 0 Å². The minimum Gasteiger partial charge on any atom is -0.414 e. The van der Waals surface area contributed by atoms with Gasteiger partial charge in [-0.15, -0.1) is 0 Å². The summed E-state index contributed by atoms with van der Waals surface area (Å²) in [5, 5.41) is 9.70.